The van der Waals surface area contributed by atoms with Crippen LogP contribution in [0.25, 0.3) is 16.6 Å². The second-order valence-electron chi connectivity index (χ2n) is 8.34. The van der Waals surface area contributed by atoms with Gasteiger partial charge >= 0.3 is 0 Å². The number of anilines is 3. The number of nitrogens with one attached hydrogen (secondary N) is 1. The second-order valence-corrected chi connectivity index (χ2v) is 9.12. The molecule has 2 aromatic heterocycles. The first-order chi connectivity index (χ1) is 16.9. The maximum absolute atomic E-state index is 13.9. The number of rotatable bonds is 6. The lowest BCUT2D eigenvalue weighted by Crippen LogP contribution is -2.29. The highest BCUT2D eigenvalue weighted by molar-refractivity contribution is 6.35. The van der Waals surface area contributed by atoms with Gasteiger partial charge in [0.05, 0.1) is 40.1 Å². The lowest BCUT2D eigenvalue weighted by Gasteiger charge is -2.24. The van der Waals surface area contributed by atoms with Crippen LogP contribution in [0, 0.1) is 17.2 Å². The van der Waals surface area contributed by atoms with E-state index in [1.165, 1.54) is 4.57 Å². The van der Waals surface area contributed by atoms with Gasteiger partial charge < -0.3 is 16.8 Å². The van der Waals surface area contributed by atoms with Crippen molar-refractivity contribution in [2.75, 3.05) is 16.8 Å². The lowest BCUT2D eigenvalue weighted by atomic mass is 10.1. The van der Waals surface area contributed by atoms with Gasteiger partial charge in [-0.05, 0) is 48.6 Å². The molecule has 0 saturated heterocycles. The summed E-state index contributed by atoms with van der Waals surface area (Å²) in [6.45, 7) is 0. The van der Waals surface area contributed by atoms with Crippen molar-refractivity contribution in [2.45, 2.75) is 25.3 Å². The predicted molar refractivity (Wildman–Crippen MR) is 137 cm³/mol. The van der Waals surface area contributed by atoms with Gasteiger partial charge in [-0.3, -0.25) is 9.36 Å². The topological polar surface area (TPSA) is 149 Å². The smallest absolute Gasteiger partial charge is 0.267 e. The van der Waals surface area contributed by atoms with E-state index in [1.807, 2.05) is 6.07 Å². The summed E-state index contributed by atoms with van der Waals surface area (Å²) < 4.78 is 1.53. The number of nitrogen functional groups attached to an aromatic ring is 2. The van der Waals surface area contributed by atoms with E-state index in [1.54, 1.807) is 36.4 Å². The van der Waals surface area contributed by atoms with Gasteiger partial charge in [-0.15, -0.1) is 0 Å². The minimum Gasteiger partial charge on any atom is -0.382 e. The van der Waals surface area contributed by atoms with Crippen LogP contribution in [0.2, 0.25) is 10.0 Å². The van der Waals surface area contributed by atoms with Crippen molar-refractivity contribution in [2.24, 2.45) is 5.92 Å². The van der Waals surface area contributed by atoms with Crippen LogP contribution in [0.5, 0.6) is 0 Å². The van der Waals surface area contributed by atoms with Crippen LogP contribution in [-0.2, 0) is 6.42 Å². The largest absolute Gasteiger partial charge is 0.382 e. The van der Waals surface area contributed by atoms with Crippen LogP contribution >= 0.6 is 23.2 Å². The SMILES string of the molecule is N#CCc1cccc(-n2c([C@@H](Nc3nc(N)nc(N)c3Cl)C3CC3)nc3cccc(Cl)c3c2=O)c1. The molecule has 1 aliphatic rings. The molecule has 1 atom stereocenters. The van der Waals surface area contributed by atoms with Gasteiger partial charge in [0.1, 0.15) is 16.7 Å². The minimum absolute atomic E-state index is 0.0243. The van der Waals surface area contributed by atoms with E-state index in [-0.39, 0.29) is 40.5 Å². The fourth-order valence-corrected chi connectivity index (χ4v) is 4.50. The molecule has 0 radical (unpaired) electrons. The van der Waals surface area contributed by atoms with Gasteiger partial charge in [-0.1, -0.05) is 41.4 Å². The third-order valence-electron chi connectivity index (χ3n) is 5.88. The van der Waals surface area contributed by atoms with Gasteiger partial charge in [0.15, 0.2) is 5.82 Å². The van der Waals surface area contributed by atoms with Crippen LogP contribution in [0.15, 0.2) is 47.3 Å². The van der Waals surface area contributed by atoms with Gasteiger partial charge in [0.25, 0.3) is 5.56 Å². The van der Waals surface area contributed by atoms with Crippen molar-refractivity contribution in [3.05, 3.63) is 74.3 Å². The Morgan fingerprint density at radius 2 is 1.91 bits per heavy atom. The fraction of sp³-hybridized carbons (Fsp3) is 0.208. The maximum Gasteiger partial charge on any atom is 0.267 e. The quantitative estimate of drug-likeness (QED) is 0.350. The number of benzene rings is 2. The van der Waals surface area contributed by atoms with Gasteiger partial charge in [0, 0.05) is 0 Å². The van der Waals surface area contributed by atoms with Crippen molar-refractivity contribution in [1.82, 2.24) is 19.5 Å². The Labute approximate surface area is 210 Å². The van der Waals surface area contributed by atoms with Crippen molar-refractivity contribution < 1.29 is 0 Å². The number of fused-ring (bicyclic) bond motifs is 1. The molecule has 2 heterocycles. The van der Waals surface area contributed by atoms with E-state index in [2.05, 4.69) is 21.4 Å². The molecule has 11 heteroatoms. The number of hydrogen-bond acceptors (Lipinski definition) is 8. The average molecular weight is 507 g/mol. The Hall–Kier alpha value is -3.87. The molecule has 2 aromatic carbocycles. The Kier molecular flexibility index (Phi) is 5.93. The zero-order valence-corrected chi connectivity index (χ0v) is 19.9. The van der Waals surface area contributed by atoms with Gasteiger partial charge in [0.2, 0.25) is 5.95 Å². The van der Waals surface area contributed by atoms with Crippen molar-refractivity contribution in [3.63, 3.8) is 0 Å². The van der Waals surface area contributed by atoms with Crippen molar-refractivity contribution >= 4 is 51.7 Å². The summed E-state index contributed by atoms with van der Waals surface area (Å²) in [6, 6.07) is 14.1. The van der Waals surface area contributed by atoms with Crippen molar-refractivity contribution in [1.29, 1.82) is 5.26 Å². The normalized spacial score (nSPS) is 14.0. The molecule has 9 nitrogen and oxygen atoms in total. The summed E-state index contributed by atoms with van der Waals surface area (Å²) in [4.78, 5) is 26.9. The maximum atomic E-state index is 13.9. The zero-order chi connectivity index (χ0) is 24.7. The standard InChI is InChI=1S/C24H20Cl2N8O/c25-15-5-2-6-16-17(15)23(35)34(14-4-1-3-12(11-14)9-10-27)22(30-16)19(13-7-8-13)31-21-18(26)20(28)32-24(29)33-21/h1-6,11,13,19H,7-9H2,(H5,28,29,31,32,33)/t19-/m0/s1. The Morgan fingerprint density at radius 3 is 2.66 bits per heavy atom. The van der Waals surface area contributed by atoms with Gasteiger partial charge in [-0.25, -0.2) is 4.98 Å². The summed E-state index contributed by atoms with van der Waals surface area (Å²) in [5.41, 5.74) is 13.2. The van der Waals surface area contributed by atoms with E-state index in [4.69, 9.17) is 44.9 Å². The molecule has 176 valence electrons. The number of nitriles is 1. The molecular formula is C24H20Cl2N8O. The highest BCUT2D eigenvalue weighted by Crippen LogP contribution is 2.44. The third-order valence-corrected chi connectivity index (χ3v) is 6.57. The summed E-state index contributed by atoms with van der Waals surface area (Å²) >= 11 is 12.8. The molecule has 1 saturated carbocycles. The molecule has 35 heavy (non-hydrogen) atoms. The van der Waals surface area contributed by atoms with E-state index in [0.717, 1.165) is 18.4 Å². The molecule has 5 N–H and O–H groups in total. The van der Waals surface area contributed by atoms with E-state index >= 15 is 0 Å². The first-order valence-corrected chi connectivity index (χ1v) is 11.7. The number of aromatic nitrogens is 4. The number of hydrogen-bond donors (Lipinski definition) is 3. The molecule has 5 rings (SSSR count). The molecule has 0 aliphatic heterocycles. The summed E-state index contributed by atoms with van der Waals surface area (Å²) in [5, 5.41) is 13.2. The molecule has 1 fully saturated rings. The first kappa shape index (κ1) is 22.9. The average Bonchev–Trinajstić information content (AvgIpc) is 3.66. The van der Waals surface area contributed by atoms with Gasteiger partial charge in [-0.2, -0.15) is 15.2 Å². The highest BCUT2D eigenvalue weighted by Gasteiger charge is 2.37. The summed E-state index contributed by atoms with van der Waals surface area (Å²) in [5.74, 6) is 0.924. The van der Waals surface area contributed by atoms with Crippen LogP contribution in [0.3, 0.4) is 0 Å². The first-order valence-electron chi connectivity index (χ1n) is 10.9. The molecule has 4 aromatic rings. The highest BCUT2D eigenvalue weighted by atomic mass is 35.5. The second kappa shape index (κ2) is 9.06. The Bertz CT molecular complexity index is 1560. The van der Waals surface area contributed by atoms with E-state index < -0.39 is 6.04 Å². The molecular weight excluding hydrogens is 487 g/mol. The van der Waals surface area contributed by atoms with Crippen LogP contribution in [-0.4, -0.2) is 19.5 Å². The third kappa shape index (κ3) is 4.34. The number of halogens is 2. The van der Waals surface area contributed by atoms with Crippen LogP contribution in [0.1, 0.15) is 30.3 Å². The van der Waals surface area contributed by atoms with Crippen molar-refractivity contribution in [3.8, 4) is 11.8 Å². The van der Waals surface area contributed by atoms with Crippen LogP contribution in [0.4, 0.5) is 17.6 Å². The van der Waals surface area contributed by atoms with E-state index in [9.17, 15) is 4.79 Å². The van der Waals surface area contributed by atoms with Crippen LogP contribution < -0.4 is 22.3 Å². The lowest BCUT2D eigenvalue weighted by molar-refractivity contribution is 0.609. The number of nitrogens with two attached hydrogens (primary N) is 2. The summed E-state index contributed by atoms with van der Waals surface area (Å²) in [7, 11) is 0. The Balaban J connectivity index is 1.76. The zero-order valence-electron chi connectivity index (χ0n) is 18.4. The molecule has 0 spiro atoms. The molecule has 0 bridgehead atoms. The molecule has 0 unspecified atom stereocenters. The predicted octanol–water partition coefficient (Wildman–Crippen LogP) is 4.28. The van der Waals surface area contributed by atoms with E-state index in [0.29, 0.717) is 27.4 Å². The molecule has 0 amide bonds. The fourth-order valence-electron chi connectivity index (χ4n) is 4.11. The Morgan fingerprint density at radius 1 is 1.14 bits per heavy atom. The number of nitrogens with zero attached hydrogens (tertiary/aromatic N) is 5. The summed E-state index contributed by atoms with van der Waals surface area (Å²) in [6.07, 6.45) is 2.05. The minimum atomic E-state index is -0.433. The monoisotopic (exact) mass is 506 g/mol. The molecule has 1 aliphatic carbocycles.